The molecule has 5 aliphatic carbocycles. The summed E-state index contributed by atoms with van der Waals surface area (Å²) in [5.74, 6) is -0.803. The quantitative estimate of drug-likeness (QED) is 0.0756. The fourth-order valence-corrected chi connectivity index (χ4v) is 16.2. The van der Waals surface area contributed by atoms with Gasteiger partial charge in [-0.25, -0.2) is 0 Å². The first-order chi connectivity index (χ1) is 35.5. The van der Waals surface area contributed by atoms with Crippen molar-refractivity contribution in [2.75, 3.05) is 26.4 Å². The lowest BCUT2D eigenvalue weighted by Gasteiger charge is -2.71. The van der Waals surface area contributed by atoms with Crippen molar-refractivity contribution in [2.24, 2.45) is 50.2 Å². The van der Waals surface area contributed by atoms with E-state index in [2.05, 4.69) is 40.7 Å². The van der Waals surface area contributed by atoms with Gasteiger partial charge in [-0.2, -0.15) is 0 Å². The minimum absolute atomic E-state index is 0.0282. The molecule has 4 heterocycles. The third-order valence-electron chi connectivity index (χ3n) is 21.1. The number of rotatable bonds is 11. The highest BCUT2D eigenvalue weighted by molar-refractivity contribution is 5.79. The van der Waals surface area contributed by atoms with Crippen LogP contribution in [0.2, 0.25) is 0 Å². The van der Waals surface area contributed by atoms with Crippen molar-refractivity contribution in [3.8, 4) is 0 Å². The van der Waals surface area contributed by atoms with Crippen molar-refractivity contribution in [3.05, 3.63) is 11.6 Å². The van der Waals surface area contributed by atoms with Gasteiger partial charge >= 0.3 is 5.97 Å². The van der Waals surface area contributed by atoms with Crippen LogP contribution in [0.5, 0.6) is 0 Å². The maximum Gasteiger partial charge on any atom is 0.315 e. The number of hydrogen-bond donors (Lipinski definition) is 14. The molecule has 29 unspecified atom stereocenters. The Kier molecular flexibility index (Phi) is 16.5. The standard InChI is InChI=1S/C53H86O23/c1-22-31(58)41(75-44-36(63)32(59)26(57)19-69-44)39(66)46(71-22)74-40-27(18-54)72-43(38(65)35(40)62)70-20-28-33(60)34(61)37(64)45(73-28)76-47(68)53-14-12-48(2,3)16-24(53)23-8-9-30-49(4)17-25(56)42(67)50(5,21-55)29(49)10-11-52(30,7)51(23,6)13-15-53/h8,22,24-46,54-67H,9-21H2,1-7H3. The topological polar surface area (TPSA) is 374 Å². The second kappa shape index (κ2) is 21.3. The normalized spacial score (nSPS) is 55.2. The zero-order valence-corrected chi connectivity index (χ0v) is 44.6. The van der Waals surface area contributed by atoms with Crippen LogP contribution in [0, 0.1) is 50.2 Å². The Hall–Kier alpha value is -1.63. The van der Waals surface area contributed by atoms with Gasteiger partial charge in [-0.1, -0.05) is 53.2 Å². The molecule has 29 atom stereocenters. The summed E-state index contributed by atoms with van der Waals surface area (Å²) < 4.78 is 46.2. The molecule has 23 heteroatoms. The first-order valence-electron chi connectivity index (χ1n) is 27.3. The van der Waals surface area contributed by atoms with Crippen LogP contribution >= 0.6 is 0 Å². The van der Waals surface area contributed by atoms with E-state index >= 15 is 4.79 Å². The minimum atomic E-state index is -1.94. The first-order valence-corrected chi connectivity index (χ1v) is 27.3. The smallest absolute Gasteiger partial charge is 0.315 e. The van der Waals surface area contributed by atoms with E-state index in [9.17, 15) is 71.5 Å². The van der Waals surface area contributed by atoms with E-state index in [1.165, 1.54) is 12.5 Å². The Labute approximate surface area is 442 Å². The van der Waals surface area contributed by atoms with Crippen LogP contribution in [-0.2, 0) is 42.7 Å². The number of fused-ring (bicyclic) bond motifs is 7. The van der Waals surface area contributed by atoms with Gasteiger partial charge in [0, 0.05) is 5.41 Å². The molecule has 0 spiro atoms. The molecule has 436 valence electrons. The zero-order chi connectivity index (χ0) is 55.6. The maximum absolute atomic E-state index is 15.1. The number of ether oxygens (including phenoxy) is 8. The number of carbonyl (C=O) groups is 1. The summed E-state index contributed by atoms with van der Waals surface area (Å²) in [4.78, 5) is 15.1. The maximum atomic E-state index is 15.1. The molecule has 0 aromatic rings. The van der Waals surface area contributed by atoms with Crippen LogP contribution < -0.4 is 0 Å². The van der Waals surface area contributed by atoms with E-state index in [4.69, 9.17) is 37.9 Å². The highest BCUT2D eigenvalue weighted by Crippen LogP contribution is 2.76. The third kappa shape index (κ3) is 9.46. The Bertz CT molecular complexity index is 2100. The predicted octanol–water partition coefficient (Wildman–Crippen LogP) is -2.43. The lowest BCUT2D eigenvalue weighted by Crippen LogP contribution is -2.68. The number of allylic oxidation sites excluding steroid dienone is 2. The minimum Gasteiger partial charge on any atom is -0.432 e. The fourth-order valence-electron chi connectivity index (χ4n) is 16.2. The van der Waals surface area contributed by atoms with Gasteiger partial charge in [0.15, 0.2) is 18.9 Å². The van der Waals surface area contributed by atoms with Gasteiger partial charge in [0.2, 0.25) is 6.29 Å². The van der Waals surface area contributed by atoms with Gasteiger partial charge in [0.25, 0.3) is 0 Å². The average Bonchev–Trinajstić information content (AvgIpc) is 3.52. The van der Waals surface area contributed by atoms with Gasteiger partial charge in [-0.15, -0.1) is 0 Å². The van der Waals surface area contributed by atoms with E-state index < -0.39 is 171 Å². The van der Waals surface area contributed by atoms with Crippen molar-refractivity contribution in [3.63, 3.8) is 0 Å². The summed E-state index contributed by atoms with van der Waals surface area (Å²) in [5.41, 5.74) is -1.92. The molecule has 0 radical (unpaired) electrons. The highest BCUT2D eigenvalue weighted by Gasteiger charge is 2.71. The summed E-state index contributed by atoms with van der Waals surface area (Å²) in [7, 11) is 0. The molecule has 4 saturated heterocycles. The second-order valence-electron chi connectivity index (χ2n) is 25.9. The predicted molar refractivity (Wildman–Crippen MR) is 258 cm³/mol. The van der Waals surface area contributed by atoms with Gasteiger partial charge in [-0.05, 0) is 104 Å². The van der Waals surface area contributed by atoms with E-state index in [0.717, 1.165) is 12.8 Å². The van der Waals surface area contributed by atoms with Crippen molar-refractivity contribution >= 4 is 5.97 Å². The van der Waals surface area contributed by atoms with Crippen LogP contribution in [0.15, 0.2) is 11.6 Å². The van der Waals surface area contributed by atoms with E-state index in [1.807, 2.05) is 6.92 Å². The van der Waals surface area contributed by atoms with Crippen molar-refractivity contribution in [2.45, 2.75) is 235 Å². The van der Waals surface area contributed by atoms with E-state index in [1.54, 1.807) is 0 Å². The Morgan fingerprint density at radius 2 is 1.28 bits per heavy atom. The Balaban J connectivity index is 0.873. The lowest BCUT2D eigenvalue weighted by molar-refractivity contribution is -0.375. The Morgan fingerprint density at radius 3 is 1.96 bits per heavy atom. The SMILES string of the molecule is CC1OC(OC2C(CO)OC(OCC3OC(OC(=O)C45CCC(C)(C)CC4C4=CCC6C7(C)CC(O)C(O)C(C)(CO)C7CCC6(C)C4(C)CC5)C(O)C(O)C3O)C(O)C2O)C(O)C(OC2OCC(O)C(O)C2O)C1O. The average molecular weight is 1090 g/mol. The van der Waals surface area contributed by atoms with Gasteiger partial charge in [-0.3, -0.25) is 4.79 Å². The van der Waals surface area contributed by atoms with E-state index in [0.29, 0.717) is 44.9 Å². The molecule has 0 bridgehead atoms. The zero-order valence-electron chi connectivity index (χ0n) is 44.6. The monoisotopic (exact) mass is 1090 g/mol. The molecule has 4 aliphatic heterocycles. The molecule has 8 fully saturated rings. The van der Waals surface area contributed by atoms with Gasteiger partial charge in [0.1, 0.15) is 85.5 Å². The molecular weight excluding hydrogens is 1000 g/mol. The molecule has 76 heavy (non-hydrogen) atoms. The number of aliphatic hydroxyl groups is 14. The number of hydrogen-bond acceptors (Lipinski definition) is 23. The van der Waals surface area contributed by atoms with Crippen LogP contribution in [0.25, 0.3) is 0 Å². The summed E-state index contributed by atoms with van der Waals surface area (Å²) in [6, 6.07) is 0. The molecule has 4 saturated carbocycles. The summed E-state index contributed by atoms with van der Waals surface area (Å²) >= 11 is 0. The van der Waals surface area contributed by atoms with Crippen molar-refractivity contribution in [1.29, 1.82) is 0 Å². The van der Waals surface area contributed by atoms with Crippen LogP contribution in [0.4, 0.5) is 0 Å². The van der Waals surface area contributed by atoms with Crippen LogP contribution in [-0.4, -0.2) is 233 Å². The summed E-state index contributed by atoms with van der Waals surface area (Å²) in [6.07, 6.45) is -26.0. The first kappa shape index (κ1) is 59.0. The molecule has 14 N–H and O–H groups in total. The third-order valence-corrected chi connectivity index (χ3v) is 21.1. The molecule has 0 amide bonds. The summed E-state index contributed by atoms with van der Waals surface area (Å²) in [6.45, 7) is 12.3. The van der Waals surface area contributed by atoms with Crippen molar-refractivity contribution in [1.82, 2.24) is 0 Å². The largest absolute Gasteiger partial charge is 0.432 e. The highest BCUT2D eigenvalue weighted by atomic mass is 16.8. The van der Waals surface area contributed by atoms with Crippen LogP contribution in [0.3, 0.4) is 0 Å². The van der Waals surface area contributed by atoms with Crippen LogP contribution in [0.1, 0.15) is 106 Å². The fraction of sp³-hybridized carbons (Fsp3) is 0.943. The number of aliphatic hydroxyl groups excluding tert-OH is 14. The van der Waals surface area contributed by atoms with Gasteiger partial charge < -0.3 is 109 Å². The van der Waals surface area contributed by atoms with Gasteiger partial charge in [0.05, 0.1) is 50.2 Å². The molecule has 0 aromatic heterocycles. The lowest BCUT2D eigenvalue weighted by atomic mass is 9.33. The van der Waals surface area contributed by atoms with E-state index in [-0.39, 0.29) is 40.6 Å². The number of carbonyl (C=O) groups excluding carboxylic acids is 1. The Morgan fingerprint density at radius 1 is 0.632 bits per heavy atom. The molecule has 0 aromatic carbocycles. The molecule has 9 aliphatic rings. The second-order valence-corrected chi connectivity index (χ2v) is 25.9. The summed E-state index contributed by atoms with van der Waals surface area (Å²) in [5, 5.41) is 152. The van der Waals surface area contributed by atoms with Crippen molar-refractivity contribution < 1.29 is 114 Å². The molecular formula is C53H86O23. The molecule has 23 nitrogen and oxygen atoms in total. The number of esters is 1. The molecule has 9 rings (SSSR count).